The number of aromatic carboxylic acids is 1. The molecule has 2 aromatic carbocycles. The summed E-state index contributed by atoms with van der Waals surface area (Å²) < 4.78 is 37.8. The maximum Gasteiger partial charge on any atom is 0.335 e. The lowest BCUT2D eigenvalue weighted by Crippen LogP contribution is -2.29. The van der Waals surface area contributed by atoms with Gasteiger partial charge in [-0.2, -0.15) is 0 Å². The number of carboxylic acid groups (broad SMARTS) is 1. The number of ether oxygens (including phenoxy) is 2. The van der Waals surface area contributed by atoms with E-state index in [1.165, 1.54) is 23.5 Å². The molecule has 132 valence electrons. The van der Waals surface area contributed by atoms with Crippen LogP contribution in [0.25, 0.3) is 0 Å². The summed E-state index contributed by atoms with van der Waals surface area (Å²) in [6.07, 6.45) is 0.548. The summed E-state index contributed by atoms with van der Waals surface area (Å²) in [5.41, 5.74) is 1.30. The third kappa shape index (κ3) is 2.89. The molecule has 0 aliphatic carbocycles. The summed E-state index contributed by atoms with van der Waals surface area (Å²) in [5, 5.41) is 9.16. The van der Waals surface area contributed by atoms with Crippen LogP contribution in [0.2, 0.25) is 0 Å². The molecule has 1 heterocycles. The molecule has 0 unspecified atom stereocenters. The molecule has 0 bridgehead atoms. The van der Waals surface area contributed by atoms with Crippen molar-refractivity contribution >= 4 is 21.7 Å². The van der Waals surface area contributed by atoms with E-state index in [0.29, 0.717) is 17.9 Å². The first-order chi connectivity index (χ1) is 11.9. The summed E-state index contributed by atoms with van der Waals surface area (Å²) in [6.45, 7) is 0.269. The van der Waals surface area contributed by atoms with Gasteiger partial charge in [0.25, 0.3) is 10.0 Å². The van der Waals surface area contributed by atoms with Crippen molar-refractivity contribution < 1.29 is 27.8 Å². The van der Waals surface area contributed by atoms with Gasteiger partial charge in [-0.15, -0.1) is 0 Å². The number of rotatable bonds is 5. The van der Waals surface area contributed by atoms with E-state index in [2.05, 4.69) is 0 Å². The molecule has 0 aromatic heterocycles. The van der Waals surface area contributed by atoms with Crippen molar-refractivity contribution in [2.24, 2.45) is 0 Å². The van der Waals surface area contributed by atoms with E-state index in [-0.39, 0.29) is 22.8 Å². The number of carboxylic acids is 1. The number of benzene rings is 2. The molecule has 0 fully saturated rings. The second-order valence-electron chi connectivity index (χ2n) is 5.49. The van der Waals surface area contributed by atoms with Crippen molar-refractivity contribution in [1.29, 1.82) is 0 Å². The van der Waals surface area contributed by atoms with Gasteiger partial charge >= 0.3 is 5.97 Å². The van der Waals surface area contributed by atoms with Crippen LogP contribution in [-0.4, -0.2) is 40.3 Å². The standard InChI is InChI=1S/C17H17NO6S/c1-23-13-4-5-14-11(9-13)7-8-18(14)25(21,22)16-10-12(17(19)20)3-6-15(16)24-2/h3-6,9-10H,7-8H2,1-2H3,(H,19,20). The van der Waals surface area contributed by atoms with Crippen LogP contribution in [-0.2, 0) is 16.4 Å². The lowest BCUT2D eigenvalue weighted by Gasteiger charge is -2.21. The van der Waals surface area contributed by atoms with E-state index in [1.807, 2.05) is 0 Å². The minimum atomic E-state index is -3.97. The SMILES string of the molecule is COc1ccc2c(c1)CCN2S(=O)(=O)c1cc(C(=O)O)ccc1OC. The van der Waals surface area contributed by atoms with E-state index < -0.39 is 16.0 Å². The Morgan fingerprint density at radius 3 is 2.52 bits per heavy atom. The quantitative estimate of drug-likeness (QED) is 0.875. The molecular weight excluding hydrogens is 346 g/mol. The molecule has 2 aromatic rings. The number of hydrogen-bond acceptors (Lipinski definition) is 5. The number of fused-ring (bicyclic) bond motifs is 1. The van der Waals surface area contributed by atoms with Gasteiger partial charge in [-0.05, 0) is 48.4 Å². The molecule has 0 atom stereocenters. The van der Waals surface area contributed by atoms with Crippen molar-refractivity contribution in [3.63, 3.8) is 0 Å². The topological polar surface area (TPSA) is 93.1 Å². The van der Waals surface area contributed by atoms with Gasteiger partial charge in [-0.1, -0.05) is 0 Å². The van der Waals surface area contributed by atoms with Crippen molar-refractivity contribution in [3.05, 3.63) is 47.5 Å². The lowest BCUT2D eigenvalue weighted by molar-refractivity contribution is 0.0696. The molecule has 25 heavy (non-hydrogen) atoms. The normalized spacial score (nSPS) is 13.4. The predicted octanol–water partition coefficient (Wildman–Crippen LogP) is 2.15. The highest BCUT2D eigenvalue weighted by molar-refractivity contribution is 7.93. The highest BCUT2D eigenvalue weighted by Gasteiger charge is 2.33. The molecule has 0 amide bonds. The third-order valence-electron chi connectivity index (χ3n) is 4.12. The Morgan fingerprint density at radius 1 is 1.12 bits per heavy atom. The summed E-state index contributed by atoms with van der Waals surface area (Å²) >= 11 is 0. The van der Waals surface area contributed by atoms with Gasteiger partial charge in [0.05, 0.1) is 25.5 Å². The Labute approximate surface area is 145 Å². The van der Waals surface area contributed by atoms with Gasteiger partial charge in [0, 0.05) is 6.54 Å². The zero-order valence-electron chi connectivity index (χ0n) is 13.7. The molecule has 0 saturated carbocycles. The molecule has 1 N–H and O–H groups in total. The van der Waals surface area contributed by atoms with Crippen LogP contribution in [0.1, 0.15) is 15.9 Å². The number of carbonyl (C=O) groups is 1. The smallest absolute Gasteiger partial charge is 0.335 e. The van der Waals surface area contributed by atoms with Gasteiger partial charge in [0.1, 0.15) is 16.4 Å². The first-order valence-corrected chi connectivity index (χ1v) is 8.93. The molecule has 3 rings (SSSR count). The first-order valence-electron chi connectivity index (χ1n) is 7.49. The minimum Gasteiger partial charge on any atom is -0.497 e. The highest BCUT2D eigenvalue weighted by atomic mass is 32.2. The summed E-state index contributed by atoms with van der Waals surface area (Å²) in [5.74, 6) is -0.443. The second kappa shape index (κ2) is 6.29. The average Bonchev–Trinajstić information content (AvgIpc) is 3.04. The molecule has 0 saturated heterocycles. The van der Waals surface area contributed by atoms with Crippen molar-refractivity contribution in [1.82, 2.24) is 0 Å². The molecule has 7 nitrogen and oxygen atoms in total. The second-order valence-corrected chi connectivity index (χ2v) is 7.32. The molecule has 1 aliphatic heterocycles. The van der Waals surface area contributed by atoms with E-state index >= 15 is 0 Å². The number of sulfonamides is 1. The Kier molecular flexibility index (Phi) is 4.30. The van der Waals surface area contributed by atoms with Crippen LogP contribution >= 0.6 is 0 Å². The maximum atomic E-state index is 13.1. The lowest BCUT2D eigenvalue weighted by atomic mass is 10.1. The van der Waals surface area contributed by atoms with Gasteiger partial charge < -0.3 is 14.6 Å². The van der Waals surface area contributed by atoms with Crippen LogP contribution in [0, 0.1) is 0 Å². The van der Waals surface area contributed by atoms with Crippen molar-refractivity contribution in [3.8, 4) is 11.5 Å². The van der Waals surface area contributed by atoms with Gasteiger partial charge in [-0.3, -0.25) is 4.31 Å². The zero-order chi connectivity index (χ0) is 18.2. The Hall–Kier alpha value is -2.74. The third-order valence-corrected chi connectivity index (χ3v) is 5.95. The Balaban J connectivity index is 2.10. The fraction of sp³-hybridized carbons (Fsp3) is 0.235. The maximum absolute atomic E-state index is 13.1. The van der Waals surface area contributed by atoms with E-state index in [4.69, 9.17) is 14.6 Å². The minimum absolute atomic E-state index is 0.104. The summed E-state index contributed by atoms with van der Waals surface area (Å²) in [6, 6.07) is 8.96. The fourth-order valence-corrected chi connectivity index (χ4v) is 4.54. The predicted molar refractivity (Wildman–Crippen MR) is 91.2 cm³/mol. The van der Waals surface area contributed by atoms with Gasteiger partial charge in [0.2, 0.25) is 0 Å². The number of hydrogen-bond donors (Lipinski definition) is 1. The number of methoxy groups -OCH3 is 2. The monoisotopic (exact) mass is 363 g/mol. The molecule has 8 heteroatoms. The number of nitrogens with zero attached hydrogens (tertiary/aromatic N) is 1. The van der Waals surface area contributed by atoms with E-state index in [1.54, 1.807) is 25.3 Å². The van der Waals surface area contributed by atoms with Crippen LogP contribution in [0.5, 0.6) is 11.5 Å². The Bertz CT molecular complexity index is 938. The fourth-order valence-electron chi connectivity index (χ4n) is 2.85. The molecule has 0 spiro atoms. The van der Waals surface area contributed by atoms with Gasteiger partial charge in [-0.25, -0.2) is 13.2 Å². The van der Waals surface area contributed by atoms with E-state index in [0.717, 1.165) is 11.6 Å². The van der Waals surface area contributed by atoms with Crippen LogP contribution in [0.4, 0.5) is 5.69 Å². The highest BCUT2D eigenvalue weighted by Crippen LogP contribution is 2.37. The average molecular weight is 363 g/mol. The first kappa shape index (κ1) is 17.1. The van der Waals surface area contributed by atoms with Crippen LogP contribution in [0.15, 0.2) is 41.3 Å². The van der Waals surface area contributed by atoms with E-state index in [9.17, 15) is 13.2 Å². The molecule has 0 radical (unpaired) electrons. The molecular formula is C17H17NO6S. The largest absolute Gasteiger partial charge is 0.497 e. The van der Waals surface area contributed by atoms with Crippen LogP contribution < -0.4 is 13.8 Å². The number of anilines is 1. The Morgan fingerprint density at radius 2 is 1.88 bits per heavy atom. The zero-order valence-corrected chi connectivity index (χ0v) is 14.5. The molecule has 1 aliphatic rings. The van der Waals surface area contributed by atoms with Crippen molar-refractivity contribution in [2.45, 2.75) is 11.3 Å². The van der Waals surface area contributed by atoms with Crippen molar-refractivity contribution in [2.75, 3.05) is 25.1 Å². The van der Waals surface area contributed by atoms with Gasteiger partial charge in [0.15, 0.2) is 0 Å². The van der Waals surface area contributed by atoms with Crippen LogP contribution in [0.3, 0.4) is 0 Å². The summed E-state index contributed by atoms with van der Waals surface area (Å²) in [7, 11) is -1.07. The summed E-state index contributed by atoms with van der Waals surface area (Å²) in [4.78, 5) is 11.0.